The van der Waals surface area contributed by atoms with E-state index in [1.54, 1.807) is 36.7 Å². The van der Waals surface area contributed by atoms with Gasteiger partial charge in [-0.1, -0.05) is 28.1 Å². The average molecular weight is 330 g/mol. The van der Waals surface area contributed by atoms with Gasteiger partial charge in [0.25, 0.3) is 0 Å². The van der Waals surface area contributed by atoms with Gasteiger partial charge in [0, 0.05) is 23.6 Å². The van der Waals surface area contributed by atoms with Crippen LogP contribution in [0, 0.1) is 0 Å². The van der Waals surface area contributed by atoms with E-state index in [4.69, 9.17) is 0 Å². The van der Waals surface area contributed by atoms with Crippen molar-refractivity contribution in [2.24, 2.45) is 0 Å². The molecule has 1 aromatic carbocycles. The Labute approximate surface area is 114 Å². The van der Waals surface area contributed by atoms with Crippen LogP contribution < -0.4 is 4.72 Å². The highest BCUT2D eigenvalue weighted by Gasteiger charge is 2.13. The smallest absolute Gasteiger partial charge is 0.240 e. The molecule has 0 spiro atoms. The molecule has 0 aliphatic rings. The molecule has 0 amide bonds. The predicted octanol–water partition coefficient (Wildman–Crippen LogP) is 1.78. The Kier molecular flexibility index (Phi) is 4.15. The standard InChI is InChI=1S/C11H12BrN3O2S/c12-5-9-1-3-11(4-2-9)18(16,17)15-8-10-6-13-14-7-10/h1-4,6-7,15H,5,8H2,(H,13,14). The summed E-state index contributed by atoms with van der Waals surface area (Å²) in [5, 5.41) is 7.09. The van der Waals surface area contributed by atoms with E-state index in [1.807, 2.05) is 0 Å². The quantitative estimate of drug-likeness (QED) is 0.821. The fraction of sp³-hybridized carbons (Fsp3) is 0.182. The molecule has 7 heteroatoms. The van der Waals surface area contributed by atoms with Gasteiger partial charge in [0.05, 0.1) is 11.1 Å². The number of hydrogen-bond donors (Lipinski definition) is 2. The Morgan fingerprint density at radius 3 is 2.50 bits per heavy atom. The van der Waals surface area contributed by atoms with E-state index in [2.05, 4.69) is 30.8 Å². The minimum atomic E-state index is -3.47. The van der Waals surface area contributed by atoms with Crippen LogP contribution in [0.3, 0.4) is 0 Å². The molecule has 18 heavy (non-hydrogen) atoms. The molecule has 0 saturated carbocycles. The lowest BCUT2D eigenvalue weighted by Crippen LogP contribution is -2.23. The highest BCUT2D eigenvalue weighted by atomic mass is 79.9. The Bertz CT molecular complexity index is 594. The number of H-pyrrole nitrogens is 1. The molecular formula is C11H12BrN3O2S. The van der Waals surface area contributed by atoms with Crippen molar-refractivity contribution < 1.29 is 8.42 Å². The van der Waals surface area contributed by atoms with Gasteiger partial charge in [0.1, 0.15) is 0 Å². The van der Waals surface area contributed by atoms with E-state index in [0.29, 0.717) is 5.33 Å². The lowest BCUT2D eigenvalue weighted by atomic mass is 10.2. The van der Waals surface area contributed by atoms with Crippen LogP contribution >= 0.6 is 15.9 Å². The zero-order valence-corrected chi connectivity index (χ0v) is 11.8. The molecule has 0 unspecified atom stereocenters. The zero-order chi connectivity index (χ0) is 13.0. The minimum absolute atomic E-state index is 0.221. The number of alkyl halides is 1. The summed E-state index contributed by atoms with van der Waals surface area (Å²) in [7, 11) is -3.47. The first kappa shape index (κ1) is 13.3. The zero-order valence-electron chi connectivity index (χ0n) is 9.43. The number of nitrogens with one attached hydrogen (secondary N) is 2. The van der Waals surface area contributed by atoms with Crippen LogP contribution in [0.2, 0.25) is 0 Å². The average Bonchev–Trinajstić information content (AvgIpc) is 2.90. The third kappa shape index (κ3) is 3.18. The van der Waals surface area contributed by atoms with E-state index < -0.39 is 10.0 Å². The predicted molar refractivity (Wildman–Crippen MR) is 71.7 cm³/mol. The largest absolute Gasteiger partial charge is 0.285 e. The number of rotatable bonds is 5. The third-order valence-electron chi connectivity index (χ3n) is 2.41. The van der Waals surface area contributed by atoms with Crippen molar-refractivity contribution in [3.63, 3.8) is 0 Å². The molecule has 0 bridgehead atoms. The third-order valence-corrected chi connectivity index (χ3v) is 4.47. The molecule has 0 radical (unpaired) electrons. The van der Waals surface area contributed by atoms with Gasteiger partial charge < -0.3 is 0 Å². The normalized spacial score (nSPS) is 11.6. The van der Waals surface area contributed by atoms with Gasteiger partial charge in [0.15, 0.2) is 0 Å². The molecular weight excluding hydrogens is 318 g/mol. The highest BCUT2D eigenvalue weighted by Crippen LogP contribution is 2.12. The number of nitrogens with zero attached hydrogens (tertiary/aromatic N) is 1. The van der Waals surface area contributed by atoms with Gasteiger partial charge in [0.2, 0.25) is 10.0 Å². The molecule has 1 aromatic heterocycles. The van der Waals surface area contributed by atoms with Crippen LogP contribution in [0.4, 0.5) is 0 Å². The second-order valence-electron chi connectivity index (χ2n) is 3.71. The summed E-state index contributed by atoms with van der Waals surface area (Å²) < 4.78 is 26.5. The van der Waals surface area contributed by atoms with Crippen molar-refractivity contribution >= 4 is 26.0 Å². The summed E-state index contributed by atoms with van der Waals surface area (Å²) >= 11 is 3.31. The first-order chi connectivity index (χ1) is 8.62. The number of sulfonamides is 1. The molecule has 2 N–H and O–H groups in total. The molecule has 0 aliphatic carbocycles. The van der Waals surface area contributed by atoms with Crippen LogP contribution in [-0.2, 0) is 21.9 Å². The summed E-state index contributed by atoms with van der Waals surface area (Å²) in [5.41, 5.74) is 1.82. The monoisotopic (exact) mass is 329 g/mol. The second-order valence-corrected chi connectivity index (χ2v) is 6.04. The SMILES string of the molecule is O=S(=O)(NCc1cn[nH]c1)c1ccc(CBr)cc1. The topological polar surface area (TPSA) is 74.8 Å². The summed E-state index contributed by atoms with van der Waals surface area (Å²) in [4.78, 5) is 0.260. The Hall–Kier alpha value is -1.18. The molecule has 0 atom stereocenters. The Morgan fingerprint density at radius 2 is 1.94 bits per heavy atom. The number of hydrogen-bond acceptors (Lipinski definition) is 3. The molecule has 0 fully saturated rings. The maximum absolute atomic E-state index is 12.0. The van der Waals surface area contributed by atoms with Gasteiger partial charge in [-0.05, 0) is 17.7 Å². The second kappa shape index (κ2) is 5.64. The van der Waals surface area contributed by atoms with Crippen molar-refractivity contribution in [1.82, 2.24) is 14.9 Å². The Balaban J connectivity index is 2.09. The van der Waals surface area contributed by atoms with Crippen LogP contribution in [0.25, 0.3) is 0 Å². The fourth-order valence-corrected chi connectivity index (χ4v) is 2.79. The summed E-state index contributed by atoms with van der Waals surface area (Å²) in [6, 6.07) is 6.74. The highest BCUT2D eigenvalue weighted by molar-refractivity contribution is 9.08. The molecule has 0 aliphatic heterocycles. The van der Waals surface area contributed by atoms with Gasteiger partial charge in [-0.25, -0.2) is 13.1 Å². The van der Waals surface area contributed by atoms with Gasteiger partial charge >= 0.3 is 0 Å². The summed E-state index contributed by atoms with van der Waals surface area (Å²) in [5.74, 6) is 0. The maximum Gasteiger partial charge on any atom is 0.240 e. The van der Waals surface area contributed by atoms with Gasteiger partial charge in [-0.2, -0.15) is 5.10 Å². The van der Waals surface area contributed by atoms with Crippen LogP contribution in [-0.4, -0.2) is 18.6 Å². The van der Waals surface area contributed by atoms with Crippen molar-refractivity contribution in [2.45, 2.75) is 16.8 Å². The van der Waals surface area contributed by atoms with E-state index in [0.717, 1.165) is 11.1 Å². The van der Waals surface area contributed by atoms with Crippen LogP contribution in [0.1, 0.15) is 11.1 Å². The summed E-state index contributed by atoms with van der Waals surface area (Å²) in [6.45, 7) is 0.221. The first-order valence-corrected chi connectivity index (χ1v) is 7.84. The lowest BCUT2D eigenvalue weighted by Gasteiger charge is -2.06. The number of benzene rings is 1. The molecule has 96 valence electrons. The van der Waals surface area contributed by atoms with E-state index in [-0.39, 0.29) is 11.4 Å². The van der Waals surface area contributed by atoms with Crippen molar-refractivity contribution in [2.75, 3.05) is 0 Å². The van der Waals surface area contributed by atoms with E-state index in [1.165, 1.54) is 0 Å². The van der Waals surface area contributed by atoms with E-state index >= 15 is 0 Å². The van der Waals surface area contributed by atoms with Crippen molar-refractivity contribution in [1.29, 1.82) is 0 Å². The summed E-state index contributed by atoms with van der Waals surface area (Å²) in [6.07, 6.45) is 3.23. The number of halogens is 1. The lowest BCUT2D eigenvalue weighted by molar-refractivity contribution is 0.581. The maximum atomic E-state index is 12.0. The Morgan fingerprint density at radius 1 is 1.22 bits per heavy atom. The molecule has 2 rings (SSSR count). The van der Waals surface area contributed by atoms with Gasteiger partial charge in [-0.15, -0.1) is 0 Å². The van der Waals surface area contributed by atoms with Crippen LogP contribution in [0.5, 0.6) is 0 Å². The molecule has 1 heterocycles. The molecule has 5 nitrogen and oxygen atoms in total. The van der Waals surface area contributed by atoms with Crippen LogP contribution in [0.15, 0.2) is 41.6 Å². The van der Waals surface area contributed by atoms with Gasteiger partial charge in [-0.3, -0.25) is 5.10 Å². The first-order valence-electron chi connectivity index (χ1n) is 5.24. The number of aromatic amines is 1. The fourth-order valence-electron chi connectivity index (χ4n) is 1.39. The molecule has 0 saturated heterocycles. The number of aromatic nitrogens is 2. The van der Waals surface area contributed by atoms with Crippen molar-refractivity contribution in [3.8, 4) is 0 Å². The van der Waals surface area contributed by atoms with Crippen molar-refractivity contribution in [3.05, 3.63) is 47.8 Å². The van der Waals surface area contributed by atoms with E-state index in [9.17, 15) is 8.42 Å². The molecule has 2 aromatic rings. The minimum Gasteiger partial charge on any atom is -0.285 e.